The number of hydrogen-bond acceptors (Lipinski definition) is 5. The Hall–Kier alpha value is -3.12. The van der Waals surface area contributed by atoms with Gasteiger partial charge in [0.25, 0.3) is 5.91 Å². The molecule has 2 aromatic rings. The highest BCUT2D eigenvalue weighted by atomic mass is 32.1. The van der Waals surface area contributed by atoms with Gasteiger partial charge in [0.05, 0.1) is 11.1 Å². The highest BCUT2D eigenvalue weighted by molar-refractivity contribution is 7.16. The molecule has 0 saturated carbocycles. The molecular weight excluding hydrogens is 405 g/mol. The Balaban J connectivity index is 1.54. The second-order valence-electron chi connectivity index (χ2n) is 6.29. The fourth-order valence-electron chi connectivity index (χ4n) is 2.94. The second-order valence-corrected chi connectivity index (χ2v) is 7.39. The van der Waals surface area contributed by atoms with Crippen molar-refractivity contribution < 1.29 is 27.5 Å². The van der Waals surface area contributed by atoms with Crippen molar-refractivity contribution in [1.29, 1.82) is 5.26 Å². The minimum atomic E-state index is -4.48. The van der Waals surface area contributed by atoms with Crippen LogP contribution in [0.25, 0.3) is 6.08 Å². The number of esters is 1. The summed E-state index contributed by atoms with van der Waals surface area (Å²) in [5, 5.41) is 12.3. The van der Waals surface area contributed by atoms with Crippen molar-refractivity contribution in [3.8, 4) is 6.07 Å². The third-order valence-electron chi connectivity index (χ3n) is 4.26. The van der Waals surface area contributed by atoms with E-state index in [1.807, 2.05) is 0 Å². The molecule has 0 spiro atoms. The van der Waals surface area contributed by atoms with Crippen LogP contribution in [-0.2, 0) is 33.3 Å². The van der Waals surface area contributed by atoms with Gasteiger partial charge in [-0.05, 0) is 48.6 Å². The second kappa shape index (κ2) is 8.49. The number of aryl methyl sites for hydroxylation is 1. The van der Waals surface area contributed by atoms with E-state index in [-0.39, 0.29) is 5.56 Å². The van der Waals surface area contributed by atoms with E-state index < -0.39 is 30.2 Å². The molecule has 1 heterocycles. The van der Waals surface area contributed by atoms with Crippen molar-refractivity contribution >= 4 is 34.3 Å². The van der Waals surface area contributed by atoms with Crippen LogP contribution in [0.3, 0.4) is 0 Å². The molecule has 0 radical (unpaired) electrons. The zero-order valence-corrected chi connectivity index (χ0v) is 15.8. The largest absolute Gasteiger partial charge is 0.452 e. The van der Waals surface area contributed by atoms with Gasteiger partial charge in [-0.2, -0.15) is 18.4 Å². The number of fused-ring (bicyclic) bond motifs is 1. The number of anilines is 1. The first-order valence-corrected chi connectivity index (χ1v) is 9.46. The van der Waals surface area contributed by atoms with E-state index in [1.54, 1.807) is 0 Å². The molecule has 0 unspecified atom stereocenters. The standard InChI is InChI=1S/C20H15F3N2O3S/c21-20(22,23)13-4-1-3-12(9-13)7-8-18(27)28-11-17(26)25-19-15(10-24)14-5-2-6-16(14)29-19/h1,3-4,7-9H,2,5-6,11H2,(H,25,26)/b8-7+. The molecule has 0 aliphatic heterocycles. The molecule has 150 valence electrons. The highest BCUT2D eigenvalue weighted by Gasteiger charge is 2.30. The number of halogens is 3. The molecule has 5 nitrogen and oxygen atoms in total. The Labute approximate surface area is 168 Å². The van der Waals surface area contributed by atoms with Crippen molar-refractivity contribution in [1.82, 2.24) is 0 Å². The van der Waals surface area contributed by atoms with E-state index in [1.165, 1.54) is 29.5 Å². The summed E-state index contributed by atoms with van der Waals surface area (Å²) >= 11 is 1.35. The number of nitrogens with one attached hydrogen (secondary N) is 1. The van der Waals surface area contributed by atoms with Crippen LogP contribution >= 0.6 is 11.3 Å². The third-order valence-corrected chi connectivity index (χ3v) is 5.46. The molecule has 1 amide bonds. The van der Waals surface area contributed by atoms with Crippen LogP contribution in [0, 0.1) is 11.3 Å². The molecule has 3 rings (SSSR count). The number of carbonyl (C=O) groups excluding carboxylic acids is 2. The van der Waals surface area contributed by atoms with Crippen molar-refractivity contribution in [2.75, 3.05) is 11.9 Å². The van der Waals surface area contributed by atoms with Gasteiger partial charge in [0.2, 0.25) is 0 Å². The Morgan fingerprint density at radius 1 is 1.31 bits per heavy atom. The fourth-order valence-corrected chi connectivity index (χ4v) is 4.20. The summed E-state index contributed by atoms with van der Waals surface area (Å²) in [7, 11) is 0. The molecule has 1 N–H and O–H groups in total. The number of hydrogen-bond donors (Lipinski definition) is 1. The zero-order chi connectivity index (χ0) is 21.0. The zero-order valence-electron chi connectivity index (χ0n) is 15.0. The number of carbonyl (C=O) groups is 2. The van der Waals surface area contributed by atoms with Gasteiger partial charge in [0.1, 0.15) is 11.1 Å². The van der Waals surface area contributed by atoms with Crippen LogP contribution < -0.4 is 5.32 Å². The van der Waals surface area contributed by atoms with Crippen LogP contribution in [0.4, 0.5) is 18.2 Å². The molecule has 1 aliphatic rings. The van der Waals surface area contributed by atoms with Gasteiger partial charge in [-0.3, -0.25) is 4.79 Å². The predicted molar refractivity (Wildman–Crippen MR) is 101 cm³/mol. The number of thiophene rings is 1. The van der Waals surface area contributed by atoms with Gasteiger partial charge >= 0.3 is 12.1 Å². The maximum atomic E-state index is 12.7. The Bertz CT molecular complexity index is 1020. The van der Waals surface area contributed by atoms with E-state index in [2.05, 4.69) is 11.4 Å². The van der Waals surface area contributed by atoms with Crippen LogP contribution in [0.1, 0.15) is 33.6 Å². The van der Waals surface area contributed by atoms with E-state index in [0.717, 1.165) is 47.9 Å². The highest BCUT2D eigenvalue weighted by Crippen LogP contribution is 2.38. The number of alkyl halides is 3. The molecule has 9 heteroatoms. The first kappa shape index (κ1) is 20.6. The smallest absolute Gasteiger partial charge is 0.416 e. The van der Waals surface area contributed by atoms with Crippen LogP contribution in [0.5, 0.6) is 0 Å². The van der Waals surface area contributed by atoms with E-state index >= 15 is 0 Å². The molecule has 1 aromatic carbocycles. The predicted octanol–water partition coefficient (Wildman–Crippen LogP) is 4.32. The summed E-state index contributed by atoms with van der Waals surface area (Å²) < 4.78 is 42.9. The number of nitriles is 1. The minimum absolute atomic E-state index is 0.174. The third kappa shape index (κ3) is 5.03. The monoisotopic (exact) mass is 420 g/mol. The normalized spacial score (nSPS) is 13.2. The van der Waals surface area contributed by atoms with Crippen LogP contribution in [0.2, 0.25) is 0 Å². The summed E-state index contributed by atoms with van der Waals surface area (Å²) in [5.41, 5.74) is 0.761. The Morgan fingerprint density at radius 2 is 2.10 bits per heavy atom. The van der Waals surface area contributed by atoms with Gasteiger partial charge in [0, 0.05) is 11.0 Å². The maximum absolute atomic E-state index is 12.7. The van der Waals surface area contributed by atoms with Gasteiger partial charge in [0.15, 0.2) is 6.61 Å². The molecule has 0 bridgehead atoms. The lowest BCUT2D eigenvalue weighted by atomic mass is 10.1. The van der Waals surface area contributed by atoms with Crippen molar-refractivity contribution in [2.45, 2.75) is 25.4 Å². The average molecular weight is 420 g/mol. The van der Waals surface area contributed by atoms with E-state index in [9.17, 15) is 28.0 Å². The van der Waals surface area contributed by atoms with Crippen molar-refractivity contribution in [2.24, 2.45) is 0 Å². The SMILES string of the molecule is N#Cc1c(NC(=O)COC(=O)/C=C/c2cccc(C(F)(F)F)c2)sc2c1CCC2. The first-order valence-electron chi connectivity index (χ1n) is 8.64. The topological polar surface area (TPSA) is 79.2 Å². The maximum Gasteiger partial charge on any atom is 0.416 e. The lowest BCUT2D eigenvalue weighted by molar-refractivity contribution is -0.142. The molecule has 1 aromatic heterocycles. The lowest BCUT2D eigenvalue weighted by Crippen LogP contribution is -2.20. The van der Waals surface area contributed by atoms with E-state index in [0.29, 0.717) is 10.6 Å². The first-order chi connectivity index (χ1) is 13.8. The van der Waals surface area contributed by atoms with Crippen LogP contribution in [-0.4, -0.2) is 18.5 Å². The van der Waals surface area contributed by atoms with Gasteiger partial charge < -0.3 is 10.1 Å². The minimum Gasteiger partial charge on any atom is -0.452 e. The van der Waals surface area contributed by atoms with Gasteiger partial charge in [-0.25, -0.2) is 4.79 Å². The van der Waals surface area contributed by atoms with Crippen molar-refractivity contribution in [3.05, 3.63) is 57.5 Å². The molecule has 29 heavy (non-hydrogen) atoms. The summed E-state index contributed by atoms with van der Waals surface area (Å²) in [5.74, 6) is -1.46. The summed E-state index contributed by atoms with van der Waals surface area (Å²) in [4.78, 5) is 24.8. The number of amides is 1. The lowest BCUT2D eigenvalue weighted by Gasteiger charge is -2.06. The molecule has 0 fully saturated rings. The number of benzene rings is 1. The summed E-state index contributed by atoms with van der Waals surface area (Å²) in [6, 6.07) is 6.56. The Kier molecular flexibility index (Phi) is 6.03. The fraction of sp³-hybridized carbons (Fsp3) is 0.250. The van der Waals surface area contributed by atoms with Crippen molar-refractivity contribution in [3.63, 3.8) is 0 Å². The molecule has 0 atom stereocenters. The number of ether oxygens (including phenoxy) is 1. The Morgan fingerprint density at radius 3 is 2.83 bits per heavy atom. The van der Waals surface area contributed by atoms with Gasteiger partial charge in [-0.15, -0.1) is 11.3 Å². The molecule has 1 aliphatic carbocycles. The average Bonchev–Trinajstić information content (AvgIpc) is 3.25. The quantitative estimate of drug-likeness (QED) is 0.577. The number of rotatable bonds is 5. The van der Waals surface area contributed by atoms with Gasteiger partial charge in [-0.1, -0.05) is 12.1 Å². The van der Waals surface area contributed by atoms with Crippen LogP contribution in [0.15, 0.2) is 30.3 Å². The number of nitrogens with zero attached hydrogens (tertiary/aromatic N) is 1. The van der Waals surface area contributed by atoms with E-state index in [4.69, 9.17) is 4.74 Å². The molecule has 0 saturated heterocycles. The summed E-state index contributed by atoms with van der Waals surface area (Å²) in [6.45, 7) is -0.570. The summed E-state index contributed by atoms with van der Waals surface area (Å²) in [6.07, 6.45) is 0.308. The molecular formula is C20H15F3N2O3S.